The fourth-order valence-electron chi connectivity index (χ4n) is 1.23. The Bertz CT molecular complexity index is 489. The number of oxime groups is 1. The van der Waals surface area contributed by atoms with Gasteiger partial charge in [0.15, 0.2) is 0 Å². The minimum Gasteiger partial charge on any atom is -0.410 e. The maximum absolute atomic E-state index is 8.91. The highest BCUT2D eigenvalue weighted by Gasteiger charge is 2.00. The molecule has 0 saturated heterocycles. The van der Waals surface area contributed by atoms with Gasteiger partial charge in [-0.1, -0.05) is 17.3 Å². The van der Waals surface area contributed by atoms with Crippen molar-refractivity contribution < 1.29 is 5.21 Å². The van der Waals surface area contributed by atoms with Crippen LogP contribution < -0.4 is 0 Å². The van der Waals surface area contributed by atoms with E-state index in [1.165, 1.54) is 0 Å². The molecular formula is C12H10N2OS. The van der Waals surface area contributed by atoms with Gasteiger partial charge in [0, 0.05) is 11.1 Å². The van der Waals surface area contributed by atoms with Gasteiger partial charge in [-0.05, 0) is 35.7 Å². The van der Waals surface area contributed by atoms with E-state index in [1.54, 1.807) is 29.7 Å². The van der Waals surface area contributed by atoms with Gasteiger partial charge in [0.05, 0.1) is 5.69 Å². The largest absolute Gasteiger partial charge is 0.410 e. The topological polar surface area (TPSA) is 45.5 Å². The fraction of sp³-hybridized carbons (Fsp3) is 0. The molecule has 0 spiro atoms. The number of thiophene rings is 1. The van der Waals surface area contributed by atoms with Gasteiger partial charge in [0.1, 0.15) is 5.71 Å². The smallest absolute Gasteiger partial charge is 0.128 e. The number of rotatable bonds is 3. The van der Waals surface area contributed by atoms with Crippen LogP contribution in [0.3, 0.4) is 0 Å². The molecule has 2 rings (SSSR count). The Morgan fingerprint density at radius 3 is 2.88 bits per heavy atom. The molecule has 2 aromatic heterocycles. The second-order valence-electron chi connectivity index (χ2n) is 3.05. The Kier molecular flexibility index (Phi) is 3.46. The summed E-state index contributed by atoms with van der Waals surface area (Å²) in [4.78, 5) is 5.22. The first-order valence-corrected chi connectivity index (χ1v) is 5.63. The Morgan fingerprint density at radius 2 is 2.25 bits per heavy atom. The van der Waals surface area contributed by atoms with E-state index in [-0.39, 0.29) is 0 Å². The average Bonchev–Trinajstić information content (AvgIpc) is 2.84. The highest BCUT2D eigenvalue weighted by molar-refractivity contribution is 7.10. The summed E-state index contributed by atoms with van der Waals surface area (Å²) >= 11 is 1.63. The molecule has 0 radical (unpaired) electrons. The average molecular weight is 230 g/mol. The normalized spacial score (nSPS) is 12.1. The zero-order valence-corrected chi connectivity index (χ0v) is 9.26. The van der Waals surface area contributed by atoms with Crippen LogP contribution in [0.4, 0.5) is 0 Å². The lowest BCUT2D eigenvalue weighted by molar-refractivity contribution is 0.320. The van der Waals surface area contributed by atoms with E-state index in [2.05, 4.69) is 10.1 Å². The van der Waals surface area contributed by atoms with Gasteiger partial charge >= 0.3 is 0 Å². The molecule has 4 heteroatoms. The van der Waals surface area contributed by atoms with Crippen molar-refractivity contribution in [1.82, 2.24) is 4.98 Å². The van der Waals surface area contributed by atoms with Crippen LogP contribution in [0.2, 0.25) is 0 Å². The molecule has 1 N–H and O–H groups in total. The van der Waals surface area contributed by atoms with Crippen molar-refractivity contribution >= 4 is 23.1 Å². The third-order valence-corrected chi connectivity index (χ3v) is 2.82. The standard InChI is InChI=1S/C12H10N2OS/c15-14-12(11-5-1-2-8-13-11)7-6-10-4-3-9-16-10/h1-9,15H. The molecule has 2 aromatic rings. The van der Waals surface area contributed by atoms with Gasteiger partial charge in [-0.15, -0.1) is 11.3 Å². The first-order chi connectivity index (χ1) is 7.90. The molecule has 0 saturated carbocycles. The molecule has 80 valence electrons. The van der Waals surface area contributed by atoms with Gasteiger partial charge in [-0.3, -0.25) is 4.98 Å². The van der Waals surface area contributed by atoms with Gasteiger partial charge < -0.3 is 5.21 Å². The number of hydrogen-bond donors (Lipinski definition) is 1. The number of pyridine rings is 1. The van der Waals surface area contributed by atoms with Crippen molar-refractivity contribution in [1.29, 1.82) is 0 Å². The Labute approximate surface area is 97.4 Å². The van der Waals surface area contributed by atoms with Crippen molar-refractivity contribution in [2.45, 2.75) is 0 Å². The van der Waals surface area contributed by atoms with Crippen LogP contribution in [0, 0.1) is 0 Å². The summed E-state index contributed by atoms with van der Waals surface area (Å²) in [6.07, 6.45) is 5.31. The van der Waals surface area contributed by atoms with Crippen LogP contribution in [-0.4, -0.2) is 15.9 Å². The molecule has 0 atom stereocenters. The molecule has 0 bridgehead atoms. The van der Waals surface area contributed by atoms with Crippen molar-refractivity contribution in [3.05, 3.63) is 58.6 Å². The quantitative estimate of drug-likeness (QED) is 0.500. The predicted molar refractivity (Wildman–Crippen MR) is 65.9 cm³/mol. The highest BCUT2D eigenvalue weighted by Crippen LogP contribution is 2.11. The molecule has 16 heavy (non-hydrogen) atoms. The lowest BCUT2D eigenvalue weighted by Crippen LogP contribution is -1.98. The molecule has 0 aromatic carbocycles. The summed E-state index contributed by atoms with van der Waals surface area (Å²) in [7, 11) is 0. The van der Waals surface area contributed by atoms with Gasteiger partial charge in [-0.25, -0.2) is 0 Å². The van der Waals surface area contributed by atoms with Crippen LogP contribution in [-0.2, 0) is 0 Å². The Hall–Kier alpha value is -1.94. The third kappa shape index (κ3) is 2.55. The minimum atomic E-state index is 0.453. The molecule has 0 aliphatic carbocycles. The van der Waals surface area contributed by atoms with E-state index < -0.39 is 0 Å². The lowest BCUT2D eigenvalue weighted by Gasteiger charge is -1.96. The zero-order chi connectivity index (χ0) is 11.2. The summed E-state index contributed by atoms with van der Waals surface area (Å²) in [5, 5.41) is 14.1. The zero-order valence-electron chi connectivity index (χ0n) is 8.45. The highest BCUT2D eigenvalue weighted by atomic mass is 32.1. The summed E-state index contributed by atoms with van der Waals surface area (Å²) in [6, 6.07) is 9.44. The summed E-state index contributed by atoms with van der Waals surface area (Å²) in [5.41, 5.74) is 1.10. The first kappa shape index (κ1) is 10.6. The number of allylic oxidation sites excluding steroid dienone is 1. The van der Waals surface area contributed by atoms with E-state index in [0.29, 0.717) is 11.4 Å². The van der Waals surface area contributed by atoms with Crippen LogP contribution in [0.5, 0.6) is 0 Å². The van der Waals surface area contributed by atoms with E-state index in [9.17, 15) is 0 Å². The molecule has 3 nitrogen and oxygen atoms in total. The van der Waals surface area contributed by atoms with E-state index >= 15 is 0 Å². The minimum absolute atomic E-state index is 0.453. The monoisotopic (exact) mass is 230 g/mol. The Balaban J connectivity index is 2.20. The van der Waals surface area contributed by atoms with E-state index in [4.69, 9.17) is 5.21 Å². The SMILES string of the molecule is ON=C(C=Cc1cccs1)c1ccccn1. The fourth-order valence-corrected chi connectivity index (χ4v) is 1.85. The van der Waals surface area contributed by atoms with Gasteiger partial charge in [-0.2, -0.15) is 0 Å². The van der Waals surface area contributed by atoms with E-state index in [0.717, 1.165) is 4.88 Å². The van der Waals surface area contributed by atoms with Crippen LogP contribution in [0.25, 0.3) is 6.08 Å². The Morgan fingerprint density at radius 1 is 1.31 bits per heavy atom. The molecule has 0 fully saturated rings. The van der Waals surface area contributed by atoms with Crippen LogP contribution in [0.15, 0.2) is 53.1 Å². The van der Waals surface area contributed by atoms with Crippen LogP contribution >= 0.6 is 11.3 Å². The summed E-state index contributed by atoms with van der Waals surface area (Å²) < 4.78 is 0. The van der Waals surface area contributed by atoms with E-state index in [1.807, 2.05) is 35.7 Å². The molecule has 2 heterocycles. The lowest BCUT2D eigenvalue weighted by atomic mass is 10.2. The van der Waals surface area contributed by atoms with Crippen molar-refractivity contribution in [2.75, 3.05) is 0 Å². The predicted octanol–water partition coefficient (Wildman–Crippen LogP) is 3.03. The van der Waals surface area contributed by atoms with Crippen LogP contribution in [0.1, 0.15) is 10.6 Å². The first-order valence-electron chi connectivity index (χ1n) is 4.75. The number of hydrogen-bond acceptors (Lipinski definition) is 4. The molecule has 0 aliphatic heterocycles. The molecule has 0 unspecified atom stereocenters. The number of aromatic nitrogens is 1. The molecule has 0 aliphatic rings. The van der Waals surface area contributed by atoms with Gasteiger partial charge in [0.2, 0.25) is 0 Å². The van der Waals surface area contributed by atoms with Gasteiger partial charge in [0.25, 0.3) is 0 Å². The summed E-state index contributed by atoms with van der Waals surface area (Å²) in [5.74, 6) is 0. The molecular weight excluding hydrogens is 220 g/mol. The maximum atomic E-state index is 8.91. The second kappa shape index (κ2) is 5.23. The number of nitrogens with zero attached hydrogens (tertiary/aromatic N) is 2. The van der Waals surface area contributed by atoms with Crippen molar-refractivity contribution in [3.63, 3.8) is 0 Å². The molecule has 0 amide bonds. The maximum Gasteiger partial charge on any atom is 0.128 e. The second-order valence-corrected chi connectivity index (χ2v) is 4.03. The van der Waals surface area contributed by atoms with Crippen molar-refractivity contribution in [2.24, 2.45) is 5.16 Å². The third-order valence-electron chi connectivity index (χ3n) is 1.98. The van der Waals surface area contributed by atoms with Crippen molar-refractivity contribution in [3.8, 4) is 0 Å². The summed E-state index contributed by atoms with van der Waals surface area (Å²) in [6.45, 7) is 0.